The minimum Gasteiger partial charge on any atom is -0.357 e. The number of carbonyl (C=O) groups is 2. The van der Waals surface area contributed by atoms with Crippen molar-refractivity contribution in [3.05, 3.63) is 63.1 Å². The molecule has 13 heteroatoms. The van der Waals surface area contributed by atoms with Gasteiger partial charge in [0, 0.05) is 18.1 Å². The van der Waals surface area contributed by atoms with E-state index in [-0.39, 0.29) is 11.6 Å². The minimum absolute atomic E-state index is 0.0470. The Kier molecular flexibility index (Phi) is 9.00. The highest BCUT2D eigenvalue weighted by Gasteiger charge is 2.34. The van der Waals surface area contributed by atoms with Gasteiger partial charge in [-0.25, -0.2) is 8.42 Å². The fourth-order valence-corrected chi connectivity index (χ4v) is 4.44. The summed E-state index contributed by atoms with van der Waals surface area (Å²) in [4.78, 5) is 26.7. The van der Waals surface area contributed by atoms with Crippen LogP contribution in [0.2, 0.25) is 5.02 Å². The normalized spacial score (nSPS) is 12.7. The van der Waals surface area contributed by atoms with Gasteiger partial charge >= 0.3 is 6.18 Å². The molecule has 0 saturated heterocycles. The first-order valence-corrected chi connectivity index (χ1v) is 12.8. The highest BCUT2D eigenvalue weighted by Crippen LogP contribution is 2.36. The van der Waals surface area contributed by atoms with E-state index in [1.54, 1.807) is 24.3 Å². The van der Waals surface area contributed by atoms with Crippen molar-refractivity contribution in [3.63, 3.8) is 0 Å². The lowest BCUT2D eigenvalue weighted by Gasteiger charge is -2.31. The summed E-state index contributed by atoms with van der Waals surface area (Å²) in [5.41, 5.74) is -0.975. The molecule has 2 aromatic carbocycles. The Morgan fingerprint density at radius 3 is 2.24 bits per heavy atom. The van der Waals surface area contributed by atoms with Gasteiger partial charge in [-0.1, -0.05) is 39.7 Å². The Labute approximate surface area is 209 Å². The minimum atomic E-state index is -4.76. The number of nitrogens with zero attached hydrogens (tertiary/aromatic N) is 2. The average molecular weight is 585 g/mol. The van der Waals surface area contributed by atoms with Crippen molar-refractivity contribution >= 4 is 55.1 Å². The molecule has 0 aliphatic rings. The van der Waals surface area contributed by atoms with Gasteiger partial charge in [0.15, 0.2) is 0 Å². The maximum atomic E-state index is 13.3. The molecule has 2 rings (SSSR count). The molecule has 1 unspecified atom stereocenters. The molecule has 0 aromatic heterocycles. The Balaban J connectivity index is 2.48. The number of hydrogen-bond donors (Lipinski definition) is 1. The number of alkyl halides is 3. The van der Waals surface area contributed by atoms with Crippen molar-refractivity contribution in [2.24, 2.45) is 0 Å². The Hall–Kier alpha value is -2.31. The van der Waals surface area contributed by atoms with Crippen LogP contribution in [-0.4, -0.2) is 51.0 Å². The molecule has 0 heterocycles. The number of halogens is 5. The van der Waals surface area contributed by atoms with Gasteiger partial charge in [-0.15, -0.1) is 0 Å². The number of nitrogens with one attached hydrogen (secondary N) is 1. The lowest BCUT2D eigenvalue weighted by Crippen LogP contribution is -2.50. The third-order valence-corrected chi connectivity index (χ3v) is 6.88. The smallest absolute Gasteiger partial charge is 0.357 e. The summed E-state index contributed by atoms with van der Waals surface area (Å²) in [6, 6.07) is 8.06. The van der Waals surface area contributed by atoms with Crippen LogP contribution < -0.4 is 9.62 Å². The molecule has 0 saturated carbocycles. The van der Waals surface area contributed by atoms with Crippen LogP contribution >= 0.6 is 27.5 Å². The van der Waals surface area contributed by atoms with Gasteiger partial charge in [0.2, 0.25) is 21.8 Å². The molecule has 1 N–H and O–H groups in total. The molecule has 1 atom stereocenters. The van der Waals surface area contributed by atoms with Crippen LogP contribution in [0.5, 0.6) is 0 Å². The fourth-order valence-electron chi connectivity index (χ4n) is 3.05. The van der Waals surface area contributed by atoms with E-state index in [4.69, 9.17) is 11.6 Å². The SMILES string of the molecule is CNC(=O)C(C)N(Cc1ccc(Br)cc1)C(=O)CN(c1cc(C(F)(F)F)ccc1Cl)S(C)(=O)=O. The van der Waals surface area contributed by atoms with E-state index in [9.17, 15) is 31.2 Å². The molecule has 0 aliphatic carbocycles. The van der Waals surface area contributed by atoms with E-state index in [1.165, 1.54) is 14.0 Å². The number of anilines is 1. The van der Waals surface area contributed by atoms with Crippen molar-refractivity contribution in [1.82, 2.24) is 10.2 Å². The fraction of sp³-hybridized carbons (Fsp3) is 0.333. The summed E-state index contributed by atoms with van der Waals surface area (Å²) < 4.78 is 65.9. The first kappa shape index (κ1) is 27.9. The third kappa shape index (κ3) is 7.09. The Morgan fingerprint density at radius 2 is 1.74 bits per heavy atom. The number of likely N-dealkylation sites (N-methyl/N-ethyl adjacent to an activating group) is 1. The summed E-state index contributed by atoms with van der Waals surface area (Å²) in [7, 11) is -2.85. The summed E-state index contributed by atoms with van der Waals surface area (Å²) >= 11 is 9.32. The van der Waals surface area contributed by atoms with Crippen LogP contribution in [0.4, 0.5) is 18.9 Å². The van der Waals surface area contributed by atoms with Gasteiger partial charge in [0.05, 0.1) is 22.5 Å². The van der Waals surface area contributed by atoms with E-state index in [0.717, 1.165) is 21.7 Å². The highest BCUT2D eigenvalue weighted by molar-refractivity contribution is 9.10. The molecule has 2 amide bonds. The van der Waals surface area contributed by atoms with Gasteiger partial charge < -0.3 is 10.2 Å². The van der Waals surface area contributed by atoms with E-state index in [0.29, 0.717) is 22.0 Å². The van der Waals surface area contributed by atoms with Crippen molar-refractivity contribution in [3.8, 4) is 0 Å². The number of carbonyl (C=O) groups excluding carboxylic acids is 2. The van der Waals surface area contributed by atoms with Gasteiger partial charge in [-0.05, 0) is 42.8 Å². The van der Waals surface area contributed by atoms with Crippen molar-refractivity contribution in [2.45, 2.75) is 25.7 Å². The van der Waals surface area contributed by atoms with Crippen LogP contribution in [0.25, 0.3) is 0 Å². The zero-order valence-electron chi connectivity index (χ0n) is 18.4. The molecule has 186 valence electrons. The van der Waals surface area contributed by atoms with E-state index in [2.05, 4.69) is 21.2 Å². The number of rotatable bonds is 8. The molecule has 0 fully saturated rings. The third-order valence-electron chi connectivity index (χ3n) is 4.90. The second-order valence-corrected chi connectivity index (χ2v) is 10.6. The van der Waals surface area contributed by atoms with E-state index in [1.807, 2.05) is 0 Å². The maximum Gasteiger partial charge on any atom is 0.416 e. The second kappa shape index (κ2) is 11.0. The van der Waals surface area contributed by atoms with Crippen LogP contribution in [0, 0.1) is 0 Å². The summed E-state index contributed by atoms with van der Waals surface area (Å²) in [5, 5.41) is 2.14. The highest BCUT2D eigenvalue weighted by atomic mass is 79.9. The number of sulfonamides is 1. The van der Waals surface area contributed by atoms with Gasteiger partial charge in [-0.3, -0.25) is 13.9 Å². The van der Waals surface area contributed by atoms with Crippen LogP contribution in [-0.2, 0) is 32.3 Å². The molecule has 0 radical (unpaired) electrons. The first-order valence-electron chi connectivity index (χ1n) is 9.75. The van der Waals surface area contributed by atoms with Crippen molar-refractivity contribution < 1.29 is 31.2 Å². The predicted octanol–water partition coefficient (Wildman–Crippen LogP) is 4.05. The molecule has 34 heavy (non-hydrogen) atoms. The standard InChI is InChI=1S/C21H22BrClF3N3O4S/c1-13(20(31)27-2)28(11-14-4-7-16(22)8-5-14)19(30)12-29(34(3,32)33)18-10-15(21(24,25)26)6-9-17(18)23/h4-10,13H,11-12H2,1-3H3,(H,27,31). The Bertz CT molecular complexity index is 1160. The molecule has 2 aromatic rings. The zero-order chi connectivity index (χ0) is 25.8. The second-order valence-electron chi connectivity index (χ2n) is 7.37. The summed E-state index contributed by atoms with van der Waals surface area (Å²) in [5.74, 6) is -1.31. The molecule has 0 spiro atoms. The topological polar surface area (TPSA) is 86.8 Å². The average Bonchev–Trinajstić information content (AvgIpc) is 2.74. The molecule has 7 nitrogen and oxygen atoms in total. The van der Waals surface area contributed by atoms with Crippen molar-refractivity contribution in [1.29, 1.82) is 0 Å². The van der Waals surface area contributed by atoms with E-state index >= 15 is 0 Å². The molecule has 0 aliphatic heterocycles. The van der Waals surface area contributed by atoms with Gasteiger partial charge in [0.1, 0.15) is 12.6 Å². The van der Waals surface area contributed by atoms with Crippen LogP contribution in [0.15, 0.2) is 46.9 Å². The number of benzene rings is 2. The number of amides is 2. The molecular weight excluding hydrogens is 563 g/mol. The maximum absolute atomic E-state index is 13.3. The molecule has 0 bridgehead atoms. The van der Waals surface area contributed by atoms with Crippen LogP contribution in [0.3, 0.4) is 0 Å². The first-order chi connectivity index (χ1) is 15.6. The lowest BCUT2D eigenvalue weighted by molar-refractivity contribution is -0.139. The van der Waals surface area contributed by atoms with E-state index < -0.39 is 51.9 Å². The summed E-state index contributed by atoms with van der Waals surface area (Å²) in [6.07, 6.45) is -4.01. The lowest BCUT2D eigenvalue weighted by atomic mass is 10.1. The Morgan fingerprint density at radius 1 is 1.15 bits per heavy atom. The summed E-state index contributed by atoms with van der Waals surface area (Å²) in [6.45, 7) is 0.546. The van der Waals surface area contributed by atoms with Crippen molar-refractivity contribution in [2.75, 3.05) is 24.2 Å². The van der Waals surface area contributed by atoms with Gasteiger partial charge in [0.25, 0.3) is 0 Å². The van der Waals surface area contributed by atoms with Crippen LogP contribution in [0.1, 0.15) is 18.1 Å². The molecular formula is C21H22BrClF3N3O4S. The quantitative estimate of drug-likeness (QED) is 0.507. The largest absolute Gasteiger partial charge is 0.416 e. The number of hydrogen-bond acceptors (Lipinski definition) is 4. The zero-order valence-corrected chi connectivity index (χ0v) is 21.5. The monoisotopic (exact) mass is 583 g/mol. The van der Waals surface area contributed by atoms with Gasteiger partial charge in [-0.2, -0.15) is 13.2 Å². The predicted molar refractivity (Wildman–Crippen MR) is 127 cm³/mol.